The van der Waals surface area contributed by atoms with Gasteiger partial charge in [0.1, 0.15) is 5.75 Å². The number of amides is 3. The molecule has 6 nitrogen and oxygen atoms in total. The molecular formula is C19H29N3O3. The van der Waals surface area contributed by atoms with Crippen LogP contribution in [0.4, 0.5) is 10.5 Å². The molecule has 0 radical (unpaired) electrons. The molecule has 1 aliphatic rings. The second-order valence-corrected chi connectivity index (χ2v) is 6.83. The third-order valence-corrected chi connectivity index (χ3v) is 4.81. The Kier molecular flexibility index (Phi) is 6.28. The first-order valence-electron chi connectivity index (χ1n) is 8.91. The number of rotatable bonds is 4. The molecule has 138 valence electrons. The van der Waals surface area contributed by atoms with Crippen LogP contribution in [0.1, 0.15) is 44.0 Å². The van der Waals surface area contributed by atoms with E-state index in [2.05, 4.69) is 19.2 Å². The van der Waals surface area contributed by atoms with Crippen molar-refractivity contribution < 1.29 is 14.3 Å². The zero-order valence-electron chi connectivity index (χ0n) is 15.8. The summed E-state index contributed by atoms with van der Waals surface area (Å²) in [6.07, 6.45) is 2.17. The fourth-order valence-corrected chi connectivity index (χ4v) is 3.10. The van der Waals surface area contributed by atoms with Crippen LogP contribution in [0.15, 0.2) is 18.2 Å². The fourth-order valence-electron chi connectivity index (χ4n) is 3.10. The first-order chi connectivity index (χ1) is 11.8. The van der Waals surface area contributed by atoms with Crippen molar-refractivity contribution in [3.63, 3.8) is 0 Å². The van der Waals surface area contributed by atoms with Gasteiger partial charge in [-0.1, -0.05) is 6.92 Å². The van der Waals surface area contributed by atoms with Crippen LogP contribution in [0.5, 0.6) is 5.75 Å². The molecule has 1 aliphatic heterocycles. The predicted molar refractivity (Wildman–Crippen MR) is 99.2 cm³/mol. The average molecular weight is 347 g/mol. The van der Waals surface area contributed by atoms with Gasteiger partial charge in [0, 0.05) is 32.2 Å². The van der Waals surface area contributed by atoms with Crippen molar-refractivity contribution in [1.29, 1.82) is 0 Å². The van der Waals surface area contributed by atoms with Crippen LogP contribution in [0.3, 0.4) is 0 Å². The van der Waals surface area contributed by atoms with Gasteiger partial charge in [0.25, 0.3) is 5.91 Å². The van der Waals surface area contributed by atoms with E-state index in [0.717, 1.165) is 19.4 Å². The van der Waals surface area contributed by atoms with Gasteiger partial charge in [-0.3, -0.25) is 4.79 Å². The van der Waals surface area contributed by atoms with E-state index in [0.29, 0.717) is 29.5 Å². The van der Waals surface area contributed by atoms with Crippen LogP contribution in [0.25, 0.3) is 0 Å². The number of piperidine rings is 1. The van der Waals surface area contributed by atoms with Gasteiger partial charge in [0.05, 0.1) is 12.3 Å². The Bertz CT molecular complexity index is 630. The molecule has 1 aromatic rings. The van der Waals surface area contributed by atoms with Gasteiger partial charge in [-0.25, -0.2) is 4.79 Å². The lowest BCUT2D eigenvalue weighted by atomic mass is 9.92. The largest absolute Gasteiger partial charge is 0.492 e. The van der Waals surface area contributed by atoms with E-state index < -0.39 is 0 Å². The first kappa shape index (κ1) is 19.1. The van der Waals surface area contributed by atoms with Crippen molar-refractivity contribution in [1.82, 2.24) is 9.80 Å². The number of hydrogen-bond acceptors (Lipinski definition) is 3. The van der Waals surface area contributed by atoms with Crippen molar-refractivity contribution in [3.8, 4) is 5.75 Å². The summed E-state index contributed by atoms with van der Waals surface area (Å²) in [7, 11) is 3.41. The van der Waals surface area contributed by atoms with E-state index in [1.54, 1.807) is 32.3 Å². The molecule has 3 amide bonds. The average Bonchev–Trinajstić information content (AvgIpc) is 2.58. The molecule has 0 aromatic heterocycles. The lowest BCUT2D eigenvalue weighted by Crippen LogP contribution is -2.47. The van der Waals surface area contributed by atoms with Crippen molar-refractivity contribution in [2.75, 3.05) is 32.6 Å². The highest BCUT2D eigenvalue weighted by molar-refractivity contribution is 5.96. The van der Waals surface area contributed by atoms with Crippen LogP contribution in [0.2, 0.25) is 0 Å². The highest BCUT2D eigenvalue weighted by atomic mass is 16.5. The number of likely N-dealkylation sites (tertiary alicyclic amines) is 1. The molecule has 0 aliphatic carbocycles. The minimum absolute atomic E-state index is 0.0997. The van der Waals surface area contributed by atoms with Crippen molar-refractivity contribution in [3.05, 3.63) is 23.8 Å². The summed E-state index contributed by atoms with van der Waals surface area (Å²) in [4.78, 5) is 28.2. The molecule has 0 unspecified atom stereocenters. The molecular weight excluding hydrogens is 318 g/mol. The Morgan fingerprint density at radius 2 is 2.04 bits per heavy atom. The van der Waals surface area contributed by atoms with Crippen molar-refractivity contribution in [2.45, 2.75) is 39.7 Å². The number of anilines is 1. The lowest BCUT2D eigenvalue weighted by molar-refractivity contribution is 0.0827. The molecule has 1 N–H and O–H groups in total. The highest BCUT2D eigenvalue weighted by Gasteiger charge is 2.28. The first-order valence-corrected chi connectivity index (χ1v) is 8.91. The van der Waals surface area contributed by atoms with Crippen LogP contribution >= 0.6 is 0 Å². The normalized spacial score (nSPS) is 20.1. The molecule has 1 fully saturated rings. The summed E-state index contributed by atoms with van der Waals surface area (Å²) < 4.78 is 5.64. The number of carbonyl (C=O) groups is 2. The third-order valence-electron chi connectivity index (χ3n) is 4.81. The second kappa shape index (κ2) is 8.23. The summed E-state index contributed by atoms with van der Waals surface area (Å²) in [5.41, 5.74) is 1.12. The number of nitrogens with one attached hydrogen (secondary N) is 1. The maximum Gasteiger partial charge on any atom is 0.322 e. The SMILES string of the molecule is CCOc1cc(C(=O)N(C)C)ccc1NC(=O)N1CCC[C@H](C)[C@H]1C. The van der Waals surface area contributed by atoms with Gasteiger partial charge >= 0.3 is 6.03 Å². The van der Waals surface area contributed by atoms with Gasteiger partial charge < -0.3 is 19.9 Å². The minimum atomic E-state index is -0.119. The van der Waals surface area contributed by atoms with Crippen LogP contribution < -0.4 is 10.1 Å². The number of hydrogen-bond donors (Lipinski definition) is 1. The van der Waals surface area contributed by atoms with E-state index in [4.69, 9.17) is 4.74 Å². The Hall–Kier alpha value is -2.24. The third kappa shape index (κ3) is 4.44. The highest BCUT2D eigenvalue weighted by Crippen LogP contribution is 2.29. The van der Waals surface area contributed by atoms with Gasteiger partial charge in [0.2, 0.25) is 0 Å². The molecule has 2 rings (SSSR count). The van der Waals surface area contributed by atoms with Crippen LogP contribution in [-0.4, -0.2) is 55.0 Å². The number of ether oxygens (including phenoxy) is 1. The Balaban J connectivity index is 2.20. The lowest BCUT2D eigenvalue weighted by Gasteiger charge is -2.37. The molecule has 0 saturated carbocycles. The number of nitrogens with zero attached hydrogens (tertiary/aromatic N) is 2. The standard InChI is InChI=1S/C19H29N3O3/c1-6-25-17-12-15(18(23)21(4)5)9-10-16(17)20-19(24)22-11-7-8-13(2)14(22)3/h9-10,12-14H,6-8,11H2,1-5H3,(H,20,24)/t13-,14+/m0/s1. The maximum absolute atomic E-state index is 12.7. The molecule has 25 heavy (non-hydrogen) atoms. The van der Waals surface area contributed by atoms with Crippen LogP contribution in [0, 0.1) is 5.92 Å². The minimum Gasteiger partial charge on any atom is -0.492 e. The van der Waals surface area contributed by atoms with E-state index in [-0.39, 0.29) is 18.0 Å². The van der Waals surface area contributed by atoms with Gasteiger partial charge in [0.15, 0.2) is 0 Å². The summed E-state index contributed by atoms with van der Waals surface area (Å²) >= 11 is 0. The molecule has 1 saturated heterocycles. The molecule has 0 bridgehead atoms. The van der Waals surface area contributed by atoms with Crippen LogP contribution in [-0.2, 0) is 0 Å². The van der Waals surface area contributed by atoms with Crippen molar-refractivity contribution >= 4 is 17.6 Å². The van der Waals surface area contributed by atoms with Gasteiger partial charge in [-0.2, -0.15) is 0 Å². The Morgan fingerprint density at radius 1 is 1.32 bits per heavy atom. The number of benzene rings is 1. The molecule has 1 heterocycles. The Labute approximate surface area is 150 Å². The second-order valence-electron chi connectivity index (χ2n) is 6.83. The smallest absolute Gasteiger partial charge is 0.322 e. The summed E-state index contributed by atoms with van der Waals surface area (Å²) in [6, 6.07) is 5.22. The summed E-state index contributed by atoms with van der Waals surface area (Å²) in [5, 5.41) is 2.95. The predicted octanol–water partition coefficient (Wildman–Crippen LogP) is 3.44. The van der Waals surface area contributed by atoms with E-state index in [1.807, 2.05) is 11.8 Å². The molecule has 0 spiro atoms. The van der Waals surface area contributed by atoms with Crippen molar-refractivity contribution in [2.24, 2.45) is 5.92 Å². The quantitative estimate of drug-likeness (QED) is 0.907. The number of urea groups is 1. The summed E-state index contributed by atoms with van der Waals surface area (Å²) in [6.45, 7) is 7.36. The van der Waals surface area contributed by atoms with Gasteiger partial charge in [-0.15, -0.1) is 0 Å². The molecule has 2 atom stereocenters. The zero-order valence-corrected chi connectivity index (χ0v) is 15.8. The zero-order chi connectivity index (χ0) is 18.6. The van der Waals surface area contributed by atoms with E-state index >= 15 is 0 Å². The molecule has 1 aromatic carbocycles. The monoisotopic (exact) mass is 347 g/mol. The fraction of sp³-hybridized carbons (Fsp3) is 0.579. The number of carbonyl (C=O) groups excluding carboxylic acids is 2. The summed E-state index contributed by atoms with van der Waals surface area (Å²) in [5.74, 6) is 0.907. The maximum atomic E-state index is 12.7. The van der Waals surface area contributed by atoms with E-state index in [9.17, 15) is 9.59 Å². The Morgan fingerprint density at radius 3 is 2.68 bits per heavy atom. The topological polar surface area (TPSA) is 61.9 Å². The van der Waals surface area contributed by atoms with Gasteiger partial charge in [-0.05, 0) is 50.8 Å². The molecule has 6 heteroatoms. The van der Waals surface area contributed by atoms with E-state index in [1.165, 1.54) is 4.90 Å².